The van der Waals surface area contributed by atoms with E-state index < -0.39 is 0 Å². The van der Waals surface area contributed by atoms with E-state index in [1.54, 1.807) is 0 Å². The third kappa shape index (κ3) is 2.43. The van der Waals surface area contributed by atoms with E-state index in [2.05, 4.69) is 25.7 Å². The summed E-state index contributed by atoms with van der Waals surface area (Å²) in [6, 6.07) is 0.734. The first-order chi connectivity index (χ1) is 7.50. The van der Waals surface area contributed by atoms with E-state index in [0.29, 0.717) is 5.92 Å². The number of aliphatic hydroxyl groups excluding tert-OH is 1. The van der Waals surface area contributed by atoms with Gasteiger partial charge in [-0.2, -0.15) is 0 Å². The summed E-state index contributed by atoms with van der Waals surface area (Å²) >= 11 is 0. The SMILES string of the molecule is CC1CCCN1CC1CCCC(C)(C)C1O. The minimum Gasteiger partial charge on any atom is -0.392 e. The third-order valence-electron chi connectivity index (χ3n) is 4.80. The standard InChI is InChI=1S/C14H27NO/c1-11-6-5-9-15(11)10-12-7-4-8-14(2,3)13(12)16/h11-13,16H,4-10H2,1-3H3. The lowest BCUT2D eigenvalue weighted by Crippen LogP contribution is -2.45. The molecular formula is C14H27NO. The van der Waals surface area contributed by atoms with Crippen molar-refractivity contribution in [1.29, 1.82) is 0 Å². The number of likely N-dealkylation sites (tertiary alicyclic amines) is 1. The Bertz CT molecular complexity index is 239. The predicted octanol–water partition coefficient (Wildman–Crippen LogP) is 2.66. The van der Waals surface area contributed by atoms with Crippen LogP contribution in [0.5, 0.6) is 0 Å². The highest BCUT2D eigenvalue weighted by molar-refractivity contribution is 4.90. The topological polar surface area (TPSA) is 23.5 Å². The van der Waals surface area contributed by atoms with Gasteiger partial charge in [-0.25, -0.2) is 0 Å². The molecule has 1 heterocycles. The van der Waals surface area contributed by atoms with Crippen LogP contribution < -0.4 is 0 Å². The number of nitrogens with zero attached hydrogens (tertiary/aromatic N) is 1. The van der Waals surface area contributed by atoms with Crippen molar-refractivity contribution in [1.82, 2.24) is 4.90 Å². The number of rotatable bonds is 2. The molecule has 1 N–H and O–H groups in total. The van der Waals surface area contributed by atoms with Gasteiger partial charge in [-0.3, -0.25) is 0 Å². The van der Waals surface area contributed by atoms with Crippen molar-refractivity contribution < 1.29 is 5.11 Å². The summed E-state index contributed by atoms with van der Waals surface area (Å²) < 4.78 is 0. The molecule has 16 heavy (non-hydrogen) atoms. The van der Waals surface area contributed by atoms with Gasteiger partial charge in [0.1, 0.15) is 0 Å². The Labute approximate surface area is 100 Å². The van der Waals surface area contributed by atoms with Crippen LogP contribution in [0.15, 0.2) is 0 Å². The lowest BCUT2D eigenvalue weighted by Gasteiger charge is -2.42. The van der Waals surface area contributed by atoms with Crippen molar-refractivity contribution in [2.24, 2.45) is 11.3 Å². The lowest BCUT2D eigenvalue weighted by molar-refractivity contribution is -0.0435. The van der Waals surface area contributed by atoms with Gasteiger partial charge in [0.25, 0.3) is 0 Å². The minimum absolute atomic E-state index is 0.103. The van der Waals surface area contributed by atoms with E-state index in [4.69, 9.17) is 0 Å². The molecule has 0 spiro atoms. The van der Waals surface area contributed by atoms with Gasteiger partial charge < -0.3 is 10.0 Å². The number of hydrogen-bond acceptors (Lipinski definition) is 2. The molecule has 3 unspecified atom stereocenters. The molecule has 2 heteroatoms. The maximum absolute atomic E-state index is 10.4. The molecule has 1 aliphatic heterocycles. The quantitative estimate of drug-likeness (QED) is 0.781. The van der Waals surface area contributed by atoms with E-state index in [0.717, 1.165) is 12.6 Å². The molecule has 3 atom stereocenters. The summed E-state index contributed by atoms with van der Waals surface area (Å²) in [7, 11) is 0. The van der Waals surface area contributed by atoms with E-state index in [1.807, 2.05) is 0 Å². The maximum Gasteiger partial charge on any atom is 0.0631 e. The van der Waals surface area contributed by atoms with Gasteiger partial charge in [-0.05, 0) is 50.5 Å². The Kier molecular flexibility index (Phi) is 3.60. The second-order valence-electron chi connectivity index (χ2n) is 6.57. The first-order valence-corrected chi connectivity index (χ1v) is 6.93. The Hall–Kier alpha value is -0.0800. The van der Waals surface area contributed by atoms with Gasteiger partial charge in [0, 0.05) is 12.6 Å². The summed E-state index contributed by atoms with van der Waals surface area (Å²) in [5.74, 6) is 0.504. The van der Waals surface area contributed by atoms with E-state index >= 15 is 0 Å². The van der Waals surface area contributed by atoms with Gasteiger partial charge in [-0.1, -0.05) is 20.3 Å². The average molecular weight is 225 g/mol. The van der Waals surface area contributed by atoms with Gasteiger partial charge >= 0.3 is 0 Å². The zero-order valence-corrected chi connectivity index (χ0v) is 11.1. The summed E-state index contributed by atoms with van der Waals surface area (Å²) in [6.45, 7) is 9.12. The van der Waals surface area contributed by atoms with Crippen molar-refractivity contribution in [2.45, 2.75) is 65.0 Å². The first-order valence-electron chi connectivity index (χ1n) is 6.93. The highest BCUT2D eigenvalue weighted by atomic mass is 16.3. The van der Waals surface area contributed by atoms with Crippen LogP contribution in [0, 0.1) is 11.3 Å². The second-order valence-corrected chi connectivity index (χ2v) is 6.57. The van der Waals surface area contributed by atoms with Crippen LogP contribution in [0.4, 0.5) is 0 Å². The Morgan fingerprint density at radius 3 is 2.62 bits per heavy atom. The van der Waals surface area contributed by atoms with Crippen molar-refractivity contribution >= 4 is 0 Å². The van der Waals surface area contributed by atoms with Crippen LogP contribution in [-0.4, -0.2) is 35.2 Å². The van der Waals surface area contributed by atoms with Crippen LogP contribution in [-0.2, 0) is 0 Å². The fourth-order valence-corrected chi connectivity index (χ4v) is 3.52. The average Bonchev–Trinajstić information content (AvgIpc) is 2.60. The molecule has 2 rings (SSSR count). The van der Waals surface area contributed by atoms with Gasteiger partial charge in [0.05, 0.1) is 6.10 Å². The Morgan fingerprint density at radius 2 is 2.00 bits per heavy atom. The zero-order valence-electron chi connectivity index (χ0n) is 11.1. The molecule has 0 aromatic carbocycles. The molecular weight excluding hydrogens is 198 g/mol. The van der Waals surface area contributed by atoms with Gasteiger partial charge in [0.2, 0.25) is 0 Å². The first kappa shape index (κ1) is 12.4. The largest absolute Gasteiger partial charge is 0.392 e. The molecule has 2 aliphatic rings. The molecule has 0 aromatic heterocycles. The molecule has 1 saturated carbocycles. The highest BCUT2D eigenvalue weighted by Gasteiger charge is 2.39. The van der Waals surface area contributed by atoms with E-state index in [-0.39, 0.29) is 11.5 Å². The molecule has 0 bridgehead atoms. The molecule has 0 aromatic rings. The lowest BCUT2D eigenvalue weighted by atomic mass is 9.69. The molecule has 1 saturated heterocycles. The van der Waals surface area contributed by atoms with Crippen LogP contribution in [0.2, 0.25) is 0 Å². The minimum atomic E-state index is -0.103. The monoisotopic (exact) mass is 225 g/mol. The summed E-state index contributed by atoms with van der Waals surface area (Å²) in [4.78, 5) is 2.58. The second kappa shape index (κ2) is 4.66. The maximum atomic E-state index is 10.4. The molecule has 2 fully saturated rings. The summed E-state index contributed by atoms with van der Waals surface area (Å²) in [6.07, 6.45) is 6.26. The third-order valence-corrected chi connectivity index (χ3v) is 4.80. The molecule has 0 amide bonds. The summed E-state index contributed by atoms with van der Waals surface area (Å²) in [5, 5.41) is 10.4. The smallest absolute Gasteiger partial charge is 0.0631 e. The van der Waals surface area contributed by atoms with E-state index in [9.17, 15) is 5.11 Å². The molecule has 0 radical (unpaired) electrons. The van der Waals surface area contributed by atoms with E-state index in [1.165, 1.54) is 38.6 Å². The van der Waals surface area contributed by atoms with Crippen molar-refractivity contribution in [3.8, 4) is 0 Å². The number of hydrogen-bond donors (Lipinski definition) is 1. The fraction of sp³-hybridized carbons (Fsp3) is 1.00. The molecule has 1 aliphatic carbocycles. The highest BCUT2D eigenvalue weighted by Crippen LogP contribution is 2.39. The Morgan fingerprint density at radius 1 is 1.25 bits per heavy atom. The van der Waals surface area contributed by atoms with Crippen LogP contribution in [0.1, 0.15) is 52.9 Å². The van der Waals surface area contributed by atoms with Gasteiger partial charge in [0.15, 0.2) is 0 Å². The zero-order chi connectivity index (χ0) is 11.8. The molecule has 2 nitrogen and oxygen atoms in total. The van der Waals surface area contributed by atoms with Crippen LogP contribution in [0.25, 0.3) is 0 Å². The van der Waals surface area contributed by atoms with Crippen LogP contribution in [0.3, 0.4) is 0 Å². The Balaban J connectivity index is 1.93. The number of aliphatic hydroxyl groups is 1. The predicted molar refractivity (Wildman–Crippen MR) is 67.4 cm³/mol. The summed E-state index contributed by atoms with van der Waals surface area (Å²) in [5.41, 5.74) is 0.131. The fourth-order valence-electron chi connectivity index (χ4n) is 3.52. The van der Waals surface area contributed by atoms with Gasteiger partial charge in [-0.15, -0.1) is 0 Å². The van der Waals surface area contributed by atoms with Crippen molar-refractivity contribution in [3.63, 3.8) is 0 Å². The molecule has 94 valence electrons. The normalized spacial score (nSPS) is 40.1. The van der Waals surface area contributed by atoms with Crippen molar-refractivity contribution in [3.05, 3.63) is 0 Å². The van der Waals surface area contributed by atoms with Crippen molar-refractivity contribution in [2.75, 3.05) is 13.1 Å². The van der Waals surface area contributed by atoms with Crippen LogP contribution >= 0.6 is 0 Å².